The predicted molar refractivity (Wildman–Crippen MR) is 61.4 cm³/mol. The summed E-state index contributed by atoms with van der Waals surface area (Å²) < 4.78 is 0. The molecule has 0 radical (unpaired) electrons. The first-order chi connectivity index (χ1) is 7.28. The zero-order valence-electron chi connectivity index (χ0n) is 8.94. The van der Waals surface area contributed by atoms with Gasteiger partial charge in [0.1, 0.15) is 5.01 Å². The van der Waals surface area contributed by atoms with Gasteiger partial charge in [0.15, 0.2) is 0 Å². The molecule has 2 rings (SSSR count). The minimum absolute atomic E-state index is 0.682. The Morgan fingerprint density at radius 1 is 1.53 bits per heavy atom. The number of nitrogens with two attached hydrogens (primary N) is 1. The molecule has 1 aliphatic rings. The molecule has 1 saturated carbocycles. The Morgan fingerprint density at radius 3 is 2.87 bits per heavy atom. The number of hydrogen-bond acceptors (Lipinski definition) is 6. The molecule has 0 bridgehead atoms. The van der Waals surface area contributed by atoms with E-state index in [1.807, 2.05) is 0 Å². The van der Waals surface area contributed by atoms with Gasteiger partial charge in [-0.3, -0.25) is 10.3 Å². The molecule has 0 atom stereocenters. The topological polar surface area (TPSA) is 67.1 Å². The van der Waals surface area contributed by atoms with Crippen LogP contribution in [0.1, 0.15) is 24.3 Å². The number of nitrogen functional groups attached to an aromatic ring is 1. The Balaban J connectivity index is 1.79. The number of nitrogens with zero attached hydrogens (tertiary/aromatic N) is 3. The number of anilines is 1. The Hall–Kier alpha value is -0.720. The van der Waals surface area contributed by atoms with Crippen molar-refractivity contribution in [1.29, 1.82) is 0 Å². The number of hydrazine groups is 1. The van der Waals surface area contributed by atoms with Gasteiger partial charge >= 0.3 is 0 Å². The predicted octanol–water partition coefficient (Wildman–Crippen LogP) is 1.06. The van der Waals surface area contributed by atoms with Crippen molar-refractivity contribution >= 4 is 16.5 Å². The molecular weight excluding hydrogens is 210 g/mol. The lowest BCUT2D eigenvalue weighted by Crippen LogP contribution is -2.29. The van der Waals surface area contributed by atoms with Crippen molar-refractivity contribution in [2.75, 3.05) is 19.0 Å². The third-order valence-corrected chi connectivity index (χ3v) is 3.63. The van der Waals surface area contributed by atoms with Crippen LogP contribution in [0, 0.1) is 5.92 Å². The summed E-state index contributed by atoms with van der Waals surface area (Å²) in [4.78, 5) is 2.31. The maximum absolute atomic E-state index is 5.25. The largest absolute Gasteiger partial charge is 0.299 e. The van der Waals surface area contributed by atoms with Crippen LogP contribution in [-0.4, -0.2) is 28.7 Å². The molecule has 0 spiro atoms. The van der Waals surface area contributed by atoms with Crippen molar-refractivity contribution in [3.8, 4) is 0 Å². The number of aromatic nitrogens is 2. The fraction of sp³-hybridized carbons (Fsp3) is 0.778. The molecule has 0 aliphatic heterocycles. The molecule has 0 unspecified atom stereocenters. The smallest absolute Gasteiger partial charge is 0.219 e. The van der Waals surface area contributed by atoms with E-state index in [0.717, 1.165) is 17.5 Å². The lowest BCUT2D eigenvalue weighted by Gasteiger charge is -2.29. The third kappa shape index (κ3) is 2.87. The number of nitrogens with one attached hydrogen (secondary N) is 1. The summed E-state index contributed by atoms with van der Waals surface area (Å²) in [5, 5.41) is 9.67. The quantitative estimate of drug-likeness (QED) is 0.581. The van der Waals surface area contributed by atoms with Gasteiger partial charge in [-0.25, -0.2) is 5.84 Å². The van der Waals surface area contributed by atoms with Crippen LogP contribution in [0.3, 0.4) is 0 Å². The molecular formula is C9H17N5S. The molecule has 1 aromatic rings. The summed E-state index contributed by atoms with van der Waals surface area (Å²) in [6, 6.07) is 0. The van der Waals surface area contributed by atoms with Crippen molar-refractivity contribution in [3.05, 3.63) is 5.01 Å². The maximum Gasteiger partial charge on any atom is 0.219 e. The SMILES string of the molecule is CN(Cc1nnc(NN)s1)CC1CCC1. The summed E-state index contributed by atoms with van der Waals surface area (Å²) in [6.07, 6.45) is 4.17. The van der Waals surface area contributed by atoms with Crippen LogP contribution in [0.2, 0.25) is 0 Å². The van der Waals surface area contributed by atoms with Crippen LogP contribution in [0.5, 0.6) is 0 Å². The lowest BCUT2D eigenvalue weighted by atomic mass is 9.85. The van der Waals surface area contributed by atoms with Gasteiger partial charge in [-0.1, -0.05) is 17.8 Å². The van der Waals surface area contributed by atoms with Crippen molar-refractivity contribution in [3.63, 3.8) is 0 Å². The highest BCUT2D eigenvalue weighted by Crippen LogP contribution is 2.27. The monoisotopic (exact) mass is 227 g/mol. The Labute approximate surface area is 93.6 Å². The number of hydrogen-bond donors (Lipinski definition) is 2. The van der Waals surface area contributed by atoms with Crippen molar-refractivity contribution in [1.82, 2.24) is 15.1 Å². The maximum atomic E-state index is 5.25. The molecule has 1 heterocycles. The van der Waals surface area contributed by atoms with Crippen LogP contribution in [0.15, 0.2) is 0 Å². The molecule has 6 heteroatoms. The van der Waals surface area contributed by atoms with Crippen molar-refractivity contribution < 1.29 is 0 Å². The summed E-state index contributed by atoms with van der Waals surface area (Å²) in [7, 11) is 2.13. The molecule has 3 N–H and O–H groups in total. The summed E-state index contributed by atoms with van der Waals surface area (Å²) in [5.41, 5.74) is 2.51. The summed E-state index contributed by atoms with van der Waals surface area (Å²) >= 11 is 1.51. The second-order valence-corrected chi connectivity index (χ2v) is 5.20. The minimum Gasteiger partial charge on any atom is -0.299 e. The Kier molecular flexibility index (Phi) is 3.50. The van der Waals surface area contributed by atoms with E-state index in [-0.39, 0.29) is 0 Å². The zero-order valence-corrected chi connectivity index (χ0v) is 9.76. The molecule has 84 valence electrons. The molecule has 1 fully saturated rings. The fourth-order valence-electron chi connectivity index (χ4n) is 1.79. The summed E-state index contributed by atoms with van der Waals surface area (Å²) in [5.74, 6) is 6.15. The van der Waals surface area contributed by atoms with Crippen LogP contribution >= 0.6 is 11.3 Å². The molecule has 0 amide bonds. The Bertz CT molecular complexity index is 309. The van der Waals surface area contributed by atoms with Crippen LogP contribution in [0.4, 0.5) is 5.13 Å². The van der Waals surface area contributed by atoms with Gasteiger partial charge in [-0.15, -0.1) is 10.2 Å². The summed E-state index contributed by atoms with van der Waals surface area (Å²) in [6.45, 7) is 2.04. The van der Waals surface area contributed by atoms with E-state index < -0.39 is 0 Å². The average Bonchev–Trinajstić information content (AvgIpc) is 2.59. The lowest BCUT2D eigenvalue weighted by molar-refractivity contribution is 0.200. The van der Waals surface area contributed by atoms with E-state index >= 15 is 0 Å². The first-order valence-corrected chi connectivity index (χ1v) is 6.07. The Morgan fingerprint density at radius 2 is 2.33 bits per heavy atom. The second kappa shape index (κ2) is 4.87. The van der Waals surface area contributed by atoms with E-state index in [9.17, 15) is 0 Å². The van der Waals surface area contributed by atoms with Gasteiger partial charge in [0.05, 0.1) is 6.54 Å². The molecule has 0 aromatic carbocycles. The van der Waals surface area contributed by atoms with E-state index in [4.69, 9.17) is 5.84 Å². The molecule has 0 saturated heterocycles. The van der Waals surface area contributed by atoms with Gasteiger partial charge in [0.2, 0.25) is 5.13 Å². The first-order valence-electron chi connectivity index (χ1n) is 5.25. The van der Waals surface area contributed by atoms with Crippen molar-refractivity contribution in [2.45, 2.75) is 25.8 Å². The van der Waals surface area contributed by atoms with E-state index in [2.05, 4.69) is 27.6 Å². The highest BCUT2D eigenvalue weighted by atomic mass is 32.1. The van der Waals surface area contributed by atoms with Crippen molar-refractivity contribution in [2.24, 2.45) is 11.8 Å². The van der Waals surface area contributed by atoms with Gasteiger partial charge < -0.3 is 0 Å². The second-order valence-electron chi connectivity index (χ2n) is 4.14. The average molecular weight is 227 g/mol. The van der Waals surface area contributed by atoms with E-state index in [1.165, 1.54) is 37.1 Å². The van der Waals surface area contributed by atoms with Gasteiger partial charge in [-0.2, -0.15) is 0 Å². The standard InChI is InChI=1S/C9H17N5S/c1-14(5-7-3-2-4-7)6-8-12-13-9(11-10)15-8/h7H,2-6,10H2,1H3,(H,11,13). The highest BCUT2D eigenvalue weighted by Gasteiger charge is 2.19. The highest BCUT2D eigenvalue weighted by molar-refractivity contribution is 7.15. The minimum atomic E-state index is 0.682. The fourth-order valence-corrected chi connectivity index (χ4v) is 2.52. The normalized spacial score (nSPS) is 16.7. The number of rotatable bonds is 5. The molecule has 1 aromatic heterocycles. The van der Waals surface area contributed by atoms with Crippen LogP contribution < -0.4 is 11.3 Å². The van der Waals surface area contributed by atoms with Gasteiger partial charge in [0, 0.05) is 6.54 Å². The third-order valence-electron chi connectivity index (χ3n) is 2.79. The van der Waals surface area contributed by atoms with Crippen LogP contribution in [-0.2, 0) is 6.54 Å². The molecule has 15 heavy (non-hydrogen) atoms. The molecule has 5 nitrogen and oxygen atoms in total. The first kappa shape index (κ1) is 10.8. The zero-order chi connectivity index (χ0) is 10.7. The molecule has 1 aliphatic carbocycles. The van der Waals surface area contributed by atoms with E-state index in [1.54, 1.807) is 0 Å². The van der Waals surface area contributed by atoms with E-state index in [0.29, 0.717) is 5.13 Å². The van der Waals surface area contributed by atoms with Gasteiger partial charge in [-0.05, 0) is 25.8 Å². The van der Waals surface area contributed by atoms with Crippen LogP contribution in [0.25, 0.3) is 0 Å². The van der Waals surface area contributed by atoms with Gasteiger partial charge in [0.25, 0.3) is 0 Å².